The van der Waals surface area contributed by atoms with E-state index < -0.39 is 0 Å². The topological polar surface area (TPSA) is 49.8 Å². The molecule has 1 aliphatic rings. The summed E-state index contributed by atoms with van der Waals surface area (Å²) in [4.78, 5) is 8.30. The number of hydrogen-bond acceptors (Lipinski definition) is 5. The van der Waals surface area contributed by atoms with E-state index in [1.54, 1.807) is 18.3 Å². The highest BCUT2D eigenvalue weighted by Gasteiger charge is 2.16. The number of anilines is 2. The predicted molar refractivity (Wildman–Crippen MR) is 93.4 cm³/mol. The molecular weight excluding hydrogens is 335 g/mol. The standard InChI is InChI=1S/C16H18ClFN4S/c17-12-8-15(23-22-16-6-7-19-10-20-16)13(18)9-14(12)21-11-4-2-1-3-5-11/h6-11,21H,1-5H2,(H,19,20,22). The molecule has 0 unspecified atom stereocenters. The number of nitrogens with zero attached hydrogens (tertiary/aromatic N) is 2. The van der Waals surface area contributed by atoms with Crippen molar-refractivity contribution in [1.82, 2.24) is 9.97 Å². The van der Waals surface area contributed by atoms with Crippen LogP contribution in [0.4, 0.5) is 15.9 Å². The fraction of sp³-hybridized carbons (Fsp3) is 0.375. The maximum absolute atomic E-state index is 14.3. The number of nitrogens with one attached hydrogen (secondary N) is 2. The summed E-state index contributed by atoms with van der Waals surface area (Å²) in [5.41, 5.74) is 0.669. The number of benzene rings is 1. The van der Waals surface area contributed by atoms with E-state index >= 15 is 0 Å². The van der Waals surface area contributed by atoms with Crippen LogP contribution in [0.5, 0.6) is 0 Å². The number of hydrogen-bond donors (Lipinski definition) is 2. The van der Waals surface area contributed by atoms with Crippen LogP contribution >= 0.6 is 23.5 Å². The zero-order valence-electron chi connectivity index (χ0n) is 12.6. The summed E-state index contributed by atoms with van der Waals surface area (Å²) in [7, 11) is 0. The largest absolute Gasteiger partial charge is 0.381 e. The van der Waals surface area contributed by atoms with Gasteiger partial charge in [-0.2, -0.15) is 0 Å². The molecule has 0 amide bonds. The number of halogens is 2. The molecule has 1 aromatic heterocycles. The van der Waals surface area contributed by atoms with Crippen molar-refractivity contribution in [2.45, 2.75) is 43.0 Å². The lowest BCUT2D eigenvalue weighted by Gasteiger charge is -2.24. The van der Waals surface area contributed by atoms with Crippen LogP contribution in [0.2, 0.25) is 5.02 Å². The highest BCUT2D eigenvalue weighted by atomic mass is 35.5. The van der Waals surface area contributed by atoms with Gasteiger partial charge in [0.25, 0.3) is 0 Å². The number of rotatable bonds is 5. The van der Waals surface area contributed by atoms with Crippen LogP contribution < -0.4 is 10.0 Å². The van der Waals surface area contributed by atoms with Crippen LogP contribution in [0.3, 0.4) is 0 Å². The fourth-order valence-electron chi connectivity index (χ4n) is 2.64. The van der Waals surface area contributed by atoms with E-state index in [1.165, 1.54) is 31.7 Å². The number of aromatic nitrogens is 2. The minimum atomic E-state index is -0.306. The molecule has 0 aliphatic heterocycles. The molecule has 1 saturated carbocycles. The second kappa shape index (κ2) is 7.84. The van der Waals surface area contributed by atoms with E-state index in [4.69, 9.17) is 11.6 Å². The van der Waals surface area contributed by atoms with Crippen LogP contribution in [-0.2, 0) is 0 Å². The van der Waals surface area contributed by atoms with Crippen LogP contribution in [0.15, 0.2) is 35.6 Å². The van der Waals surface area contributed by atoms with E-state index in [0.29, 0.717) is 27.5 Å². The van der Waals surface area contributed by atoms with Gasteiger partial charge < -0.3 is 10.0 Å². The average Bonchev–Trinajstić information content (AvgIpc) is 2.58. The lowest BCUT2D eigenvalue weighted by molar-refractivity contribution is 0.462. The van der Waals surface area contributed by atoms with Crippen molar-refractivity contribution in [3.05, 3.63) is 41.6 Å². The molecule has 2 aromatic rings. The Bertz CT molecular complexity index is 650. The van der Waals surface area contributed by atoms with Gasteiger partial charge in [0.2, 0.25) is 0 Å². The molecule has 3 rings (SSSR count). The van der Waals surface area contributed by atoms with Crippen molar-refractivity contribution in [1.29, 1.82) is 0 Å². The molecule has 1 aliphatic carbocycles. The van der Waals surface area contributed by atoms with Crippen molar-refractivity contribution in [2.24, 2.45) is 0 Å². The second-order valence-electron chi connectivity index (χ2n) is 5.54. The first-order chi connectivity index (χ1) is 11.2. The Morgan fingerprint density at radius 2 is 2.04 bits per heavy atom. The lowest BCUT2D eigenvalue weighted by atomic mass is 9.95. The molecule has 1 aromatic carbocycles. The Labute approximate surface area is 144 Å². The predicted octanol–water partition coefficient (Wildman–Crippen LogP) is 5.13. The van der Waals surface area contributed by atoms with Crippen molar-refractivity contribution >= 4 is 35.1 Å². The molecule has 122 valence electrons. The zero-order chi connectivity index (χ0) is 16.1. The molecule has 7 heteroatoms. The van der Waals surface area contributed by atoms with E-state index in [1.807, 2.05) is 0 Å². The summed E-state index contributed by atoms with van der Waals surface area (Å²) in [6.07, 6.45) is 9.00. The van der Waals surface area contributed by atoms with E-state index in [2.05, 4.69) is 20.0 Å². The van der Waals surface area contributed by atoms with Gasteiger partial charge >= 0.3 is 0 Å². The third-order valence-electron chi connectivity index (χ3n) is 3.83. The van der Waals surface area contributed by atoms with Gasteiger partial charge in [-0.3, -0.25) is 0 Å². The third-order valence-corrected chi connectivity index (χ3v) is 4.99. The summed E-state index contributed by atoms with van der Waals surface area (Å²) >= 11 is 7.45. The van der Waals surface area contributed by atoms with Crippen LogP contribution in [0.1, 0.15) is 32.1 Å². The summed E-state index contributed by atoms with van der Waals surface area (Å²) in [6.45, 7) is 0. The highest BCUT2D eigenvalue weighted by molar-refractivity contribution is 8.00. The molecule has 2 N–H and O–H groups in total. The maximum atomic E-state index is 14.3. The van der Waals surface area contributed by atoms with Gasteiger partial charge in [0.1, 0.15) is 18.0 Å². The Balaban J connectivity index is 1.67. The molecule has 4 nitrogen and oxygen atoms in total. The molecule has 23 heavy (non-hydrogen) atoms. The van der Waals surface area contributed by atoms with Gasteiger partial charge in [-0.15, -0.1) is 0 Å². The first-order valence-corrected chi connectivity index (χ1v) is 8.86. The first-order valence-electron chi connectivity index (χ1n) is 7.67. The smallest absolute Gasteiger partial charge is 0.140 e. The molecule has 0 spiro atoms. The SMILES string of the molecule is Fc1cc(NC2CCCCC2)c(Cl)cc1SNc1ccncn1. The molecular formula is C16H18ClFN4S. The molecule has 0 bridgehead atoms. The second-order valence-corrected chi connectivity index (χ2v) is 6.80. The minimum Gasteiger partial charge on any atom is -0.381 e. The zero-order valence-corrected chi connectivity index (χ0v) is 14.1. The van der Waals surface area contributed by atoms with Gasteiger partial charge in [-0.25, -0.2) is 14.4 Å². The average molecular weight is 353 g/mol. The van der Waals surface area contributed by atoms with Crippen molar-refractivity contribution in [3.63, 3.8) is 0 Å². The lowest BCUT2D eigenvalue weighted by Crippen LogP contribution is -2.22. The van der Waals surface area contributed by atoms with Gasteiger partial charge in [0.05, 0.1) is 15.6 Å². The van der Waals surface area contributed by atoms with Crippen molar-refractivity contribution < 1.29 is 4.39 Å². The Kier molecular flexibility index (Phi) is 5.56. The maximum Gasteiger partial charge on any atom is 0.140 e. The molecule has 1 fully saturated rings. The monoisotopic (exact) mass is 352 g/mol. The molecule has 0 saturated heterocycles. The summed E-state index contributed by atoms with van der Waals surface area (Å²) in [6, 6.07) is 5.21. The fourth-order valence-corrected chi connectivity index (χ4v) is 3.59. The quantitative estimate of drug-likeness (QED) is 0.730. The highest BCUT2D eigenvalue weighted by Crippen LogP contribution is 2.33. The van der Waals surface area contributed by atoms with E-state index in [-0.39, 0.29) is 5.82 Å². The molecule has 1 heterocycles. The normalized spacial score (nSPS) is 15.4. The van der Waals surface area contributed by atoms with Gasteiger partial charge in [0, 0.05) is 12.2 Å². The molecule has 0 radical (unpaired) electrons. The molecule has 0 atom stereocenters. The van der Waals surface area contributed by atoms with Crippen LogP contribution in [0.25, 0.3) is 0 Å². The first kappa shape index (κ1) is 16.3. The van der Waals surface area contributed by atoms with Crippen LogP contribution in [-0.4, -0.2) is 16.0 Å². The van der Waals surface area contributed by atoms with Gasteiger partial charge in [0.15, 0.2) is 0 Å². The Hall–Kier alpha value is -1.53. The van der Waals surface area contributed by atoms with Crippen LogP contribution in [0, 0.1) is 5.82 Å². The third kappa shape index (κ3) is 4.48. The van der Waals surface area contributed by atoms with E-state index in [9.17, 15) is 4.39 Å². The minimum absolute atomic E-state index is 0.306. The summed E-state index contributed by atoms with van der Waals surface area (Å²) in [5, 5.41) is 3.90. The van der Waals surface area contributed by atoms with E-state index in [0.717, 1.165) is 24.8 Å². The van der Waals surface area contributed by atoms with Gasteiger partial charge in [-0.05, 0) is 43.0 Å². The van der Waals surface area contributed by atoms with Gasteiger partial charge in [-0.1, -0.05) is 30.9 Å². The van der Waals surface area contributed by atoms with Crippen molar-refractivity contribution in [2.75, 3.05) is 10.0 Å². The summed E-state index contributed by atoms with van der Waals surface area (Å²) in [5.74, 6) is 0.309. The summed E-state index contributed by atoms with van der Waals surface area (Å²) < 4.78 is 17.3. The Morgan fingerprint density at radius 3 is 2.78 bits per heavy atom. The van der Waals surface area contributed by atoms with Crippen molar-refractivity contribution in [3.8, 4) is 0 Å². The Morgan fingerprint density at radius 1 is 1.22 bits per heavy atom.